The van der Waals surface area contributed by atoms with E-state index in [2.05, 4.69) is 37.9 Å². The van der Waals surface area contributed by atoms with Crippen molar-refractivity contribution >= 4 is 5.97 Å². The van der Waals surface area contributed by atoms with Crippen LogP contribution in [-0.4, -0.2) is 49.7 Å². The van der Waals surface area contributed by atoms with Gasteiger partial charge < -0.3 is 15.0 Å². The van der Waals surface area contributed by atoms with Gasteiger partial charge in [0.2, 0.25) is 0 Å². The van der Waals surface area contributed by atoms with Crippen molar-refractivity contribution in [1.29, 1.82) is 0 Å². The molecule has 0 saturated heterocycles. The summed E-state index contributed by atoms with van der Waals surface area (Å²) < 4.78 is 5.14. The first kappa shape index (κ1) is 18.4. The molecule has 0 spiro atoms. The van der Waals surface area contributed by atoms with Gasteiger partial charge in [-0.3, -0.25) is 0 Å². The van der Waals surface area contributed by atoms with E-state index < -0.39 is 5.54 Å². The van der Waals surface area contributed by atoms with Gasteiger partial charge in [0.25, 0.3) is 0 Å². The van der Waals surface area contributed by atoms with Crippen molar-refractivity contribution in [3.8, 4) is 0 Å². The van der Waals surface area contributed by atoms with Crippen LogP contribution in [0.5, 0.6) is 0 Å². The molecule has 1 fully saturated rings. The molecule has 0 radical (unpaired) electrons. The molecular weight excluding hydrogens is 264 g/mol. The Labute approximate surface area is 130 Å². The zero-order valence-electron chi connectivity index (χ0n) is 14.6. The van der Waals surface area contributed by atoms with Crippen LogP contribution in [0.2, 0.25) is 0 Å². The van der Waals surface area contributed by atoms with Crippen molar-refractivity contribution in [2.24, 2.45) is 11.8 Å². The number of hydrogen-bond donors (Lipinski definition) is 1. The van der Waals surface area contributed by atoms with E-state index in [1.807, 2.05) is 0 Å². The molecule has 0 bridgehead atoms. The van der Waals surface area contributed by atoms with Crippen LogP contribution in [0, 0.1) is 11.8 Å². The lowest BCUT2D eigenvalue weighted by atomic mass is 9.91. The summed E-state index contributed by atoms with van der Waals surface area (Å²) in [6.45, 7) is 12.4. The maximum absolute atomic E-state index is 12.5. The van der Waals surface area contributed by atoms with E-state index in [4.69, 9.17) is 4.74 Å². The predicted molar refractivity (Wildman–Crippen MR) is 87.3 cm³/mol. The molecule has 1 unspecified atom stereocenters. The van der Waals surface area contributed by atoms with Crippen molar-refractivity contribution in [2.75, 3.05) is 33.3 Å². The molecule has 1 rings (SSSR count). The first-order valence-electron chi connectivity index (χ1n) is 8.63. The van der Waals surface area contributed by atoms with Gasteiger partial charge in [-0.15, -0.1) is 0 Å². The molecule has 0 aliphatic heterocycles. The van der Waals surface area contributed by atoms with E-state index in [1.54, 1.807) is 0 Å². The predicted octanol–water partition coefficient (Wildman–Crippen LogP) is 2.68. The van der Waals surface area contributed by atoms with Crippen molar-refractivity contribution in [3.63, 3.8) is 0 Å². The average molecular weight is 298 g/mol. The number of methoxy groups -OCH3 is 1. The number of esters is 1. The molecule has 21 heavy (non-hydrogen) atoms. The maximum Gasteiger partial charge on any atom is 0.327 e. The van der Waals surface area contributed by atoms with E-state index >= 15 is 0 Å². The standard InChI is InChI=1S/C17H34N2O2/c1-6-14(7-2)12-19(9-4)13-17(18-8-3,15-10-11-15)16(20)21-5/h14-15,18H,6-13H2,1-5H3. The van der Waals surface area contributed by atoms with Crippen molar-refractivity contribution in [2.45, 2.75) is 58.9 Å². The van der Waals surface area contributed by atoms with Gasteiger partial charge in [0.1, 0.15) is 5.54 Å². The monoisotopic (exact) mass is 298 g/mol. The molecule has 0 aromatic rings. The van der Waals surface area contributed by atoms with E-state index in [1.165, 1.54) is 20.0 Å². The fraction of sp³-hybridized carbons (Fsp3) is 0.941. The molecule has 0 amide bonds. The summed E-state index contributed by atoms with van der Waals surface area (Å²) in [6, 6.07) is 0. The second-order valence-corrected chi connectivity index (χ2v) is 6.28. The highest BCUT2D eigenvalue weighted by Crippen LogP contribution is 2.41. The lowest BCUT2D eigenvalue weighted by molar-refractivity contribution is -0.150. The first-order valence-corrected chi connectivity index (χ1v) is 8.63. The molecule has 4 heteroatoms. The molecule has 0 aromatic carbocycles. The number of ether oxygens (including phenoxy) is 1. The van der Waals surface area contributed by atoms with Crippen LogP contribution in [0.3, 0.4) is 0 Å². The Kier molecular flexibility index (Phi) is 7.67. The Morgan fingerprint density at radius 1 is 1.29 bits per heavy atom. The summed E-state index contributed by atoms with van der Waals surface area (Å²) in [5.74, 6) is 1.05. The number of carbonyl (C=O) groups is 1. The van der Waals surface area contributed by atoms with Gasteiger partial charge in [-0.05, 0) is 37.8 Å². The maximum atomic E-state index is 12.5. The molecule has 0 aromatic heterocycles. The second kappa shape index (κ2) is 8.74. The summed E-state index contributed by atoms with van der Waals surface area (Å²) in [4.78, 5) is 14.9. The van der Waals surface area contributed by atoms with Crippen LogP contribution in [-0.2, 0) is 9.53 Å². The summed E-state index contributed by atoms with van der Waals surface area (Å²) >= 11 is 0. The van der Waals surface area contributed by atoms with E-state index in [-0.39, 0.29) is 5.97 Å². The van der Waals surface area contributed by atoms with Gasteiger partial charge in [0, 0.05) is 13.1 Å². The Bertz CT molecular complexity index is 314. The van der Waals surface area contributed by atoms with E-state index in [0.717, 1.165) is 39.0 Å². The minimum atomic E-state index is -0.508. The Balaban J connectivity index is 2.84. The fourth-order valence-corrected chi connectivity index (χ4v) is 3.28. The number of hydrogen-bond acceptors (Lipinski definition) is 4. The third kappa shape index (κ3) is 4.68. The van der Waals surface area contributed by atoms with Crippen molar-refractivity contribution in [1.82, 2.24) is 10.2 Å². The van der Waals surface area contributed by atoms with Crippen LogP contribution in [0.25, 0.3) is 0 Å². The molecule has 4 nitrogen and oxygen atoms in total. The summed E-state index contributed by atoms with van der Waals surface area (Å²) in [5.41, 5.74) is -0.508. The third-order valence-electron chi connectivity index (χ3n) is 4.91. The highest BCUT2D eigenvalue weighted by Gasteiger charge is 2.52. The van der Waals surface area contributed by atoms with Crippen molar-refractivity contribution < 1.29 is 9.53 Å². The molecular formula is C17H34N2O2. The lowest BCUT2D eigenvalue weighted by Gasteiger charge is -2.38. The highest BCUT2D eigenvalue weighted by atomic mass is 16.5. The Hall–Kier alpha value is -0.610. The van der Waals surface area contributed by atoms with Crippen LogP contribution < -0.4 is 5.32 Å². The van der Waals surface area contributed by atoms with Gasteiger partial charge >= 0.3 is 5.97 Å². The molecule has 124 valence electrons. The highest BCUT2D eigenvalue weighted by molar-refractivity contribution is 5.82. The second-order valence-electron chi connectivity index (χ2n) is 6.28. The molecule has 0 heterocycles. The molecule has 1 aliphatic carbocycles. The average Bonchev–Trinajstić information content (AvgIpc) is 3.34. The molecule has 1 saturated carbocycles. The number of likely N-dealkylation sites (N-methyl/N-ethyl adjacent to an activating group) is 2. The molecule has 1 aliphatic rings. The zero-order chi connectivity index (χ0) is 15.9. The van der Waals surface area contributed by atoms with Crippen LogP contribution in [0.4, 0.5) is 0 Å². The van der Waals surface area contributed by atoms with E-state index in [9.17, 15) is 4.79 Å². The third-order valence-corrected chi connectivity index (χ3v) is 4.91. The van der Waals surface area contributed by atoms with Gasteiger partial charge in [-0.2, -0.15) is 0 Å². The van der Waals surface area contributed by atoms with Gasteiger partial charge in [0.05, 0.1) is 7.11 Å². The largest absolute Gasteiger partial charge is 0.468 e. The van der Waals surface area contributed by atoms with Gasteiger partial charge in [-0.25, -0.2) is 4.79 Å². The zero-order valence-corrected chi connectivity index (χ0v) is 14.6. The molecule has 1 atom stereocenters. The quantitative estimate of drug-likeness (QED) is 0.596. The summed E-state index contributed by atoms with van der Waals surface area (Å²) in [7, 11) is 1.51. The first-order chi connectivity index (χ1) is 10.1. The number of nitrogens with one attached hydrogen (secondary N) is 1. The lowest BCUT2D eigenvalue weighted by Crippen LogP contribution is -2.61. The van der Waals surface area contributed by atoms with Gasteiger partial charge in [0.15, 0.2) is 0 Å². The Morgan fingerprint density at radius 2 is 1.90 bits per heavy atom. The fourth-order valence-electron chi connectivity index (χ4n) is 3.28. The summed E-state index contributed by atoms with van der Waals surface area (Å²) in [6.07, 6.45) is 4.65. The summed E-state index contributed by atoms with van der Waals surface area (Å²) in [5, 5.41) is 3.47. The van der Waals surface area contributed by atoms with E-state index in [0.29, 0.717) is 11.8 Å². The number of carbonyl (C=O) groups excluding carboxylic acids is 1. The van der Waals surface area contributed by atoms with Gasteiger partial charge in [-0.1, -0.05) is 40.5 Å². The van der Waals surface area contributed by atoms with Crippen molar-refractivity contribution in [3.05, 3.63) is 0 Å². The number of nitrogens with zero attached hydrogens (tertiary/aromatic N) is 1. The SMILES string of the molecule is CCNC(CN(CC)CC(CC)CC)(C(=O)OC)C1CC1. The normalized spacial score (nSPS) is 18.0. The smallest absolute Gasteiger partial charge is 0.327 e. The minimum absolute atomic E-state index is 0.0881. The van der Waals surface area contributed by atoms with Crippen LogP contribution in [0.1, 0.15) is 53.4 Å². The topological polar surface area (TPSA) is 41.6 Å². The van der Waals surface area contributed by atoms with Crippen LogP contribution in [0.15, 0.2) is 0 Å². The van der Waals surface area contributed by atoms with Crippen LogP contribution >= 0.6 is 0 Å². The Morgan fingerprint density at radius 3 is 2.29 bits per heavy atom. The minimum Gasteiger partial charge on any atom is -0.468 e. The molecule has 1 N–H and O–H groups in total. The number of rotatable bonds is 11.